The maximum atomic E-state index is 11.6. The molecule has 0 saturated carbocycles. The molecule has 1 atom stereocenters. The number of anilines is 1. The third-order valence-corrected chi connectivity index (χ3v) is 2.00. The van der Waals surface area contributed by atoms with Crippen LogP contribution in [0.3, 0.4) is 0 Å². The highest BCUT2D eigenvalue weighted by Crippen LogP contribution is 2.09. The molecule has 15 heavy (non-hydrogen) atoms. The average molecular weight is 208 g/mol. The van der Waals surface area contributed by atoms with E-state index in [9.17, 15) is 4.79 Å². The van der Waals surface area contributed by atoms with Gasteiger partial charge < -0.3 is 10.5 Å². The van der Waals surface area contributed by atoms with Crippen LogP contribution in [0.15, 0.2) is 18.5 Å². The number of hydrogen-bond acceptors (Lipinski definition) is 4. The van der Waals surface area contributed by atoms with E-state index in [2.05, 4.69) is 4.98 Å². The van der Waals surface area contributed by atoms with E-state index in [0.717, 1.165) is 12.8 Å². The van der Waals surface area contributed by atoms with Gasteiger partial charge in [-0.15, -0.1) is 0 Å². The molecule has 0 aliphatic heterocycles. The lowest BCUT2D eigenvalue weighted by atomic mass is 10.2. The first-order valence-corrected chi connectivity index (χ1v) is 5.05. The number of hydrogen-bond donors (Lipinski definition) is 1. The van der Waals surface area contributed by atoms with Crippen molar-refractivity contribution in [1.29, 1.82) is 0 Å². The molecule has 0 fully saturated rings. The van der Waals surface area contributed by atoms with Crippen molar-refractivity contribution in [1.82, 2.24) is 4.98 Å². The molecular weight excluding hydrogens is 192 g/mol. The summed E-state index contributed by atoms with van der Waals surface area (Å²) in [7, 11) is 0. The van der Waals surface area contributed by atoms with Gasteiger partial charge in [-0.3, -0.25) is 4.98 Å². The van der Waals surface area contributed by atoms with Crippen LogP contribution < -0.4 is 5.73 Å². The zero-order valence-corrected chi connectivity index (χ0v) is 9.06. The smallest absolute Gasteiger partial charge is 0.340 e. The molecule has 0 aliphatic carbocycles. The van der Waals surface area contributed by atoms with Gasteiger partial charge in [0.1, 0.15) is 0 Å². The Labute approximate surface area is 89.5 Å². The van der Waals surface area contributed by atoms with Gasteiger partial charge in [0.25, 0.3) is 0 Å². The van der Waals surface area contributed by atoms with E-state index < -0.39 is 0 Å². The van der Waals surface area contributed by atoms with Gasteiger partial charge in [0, 0.05) is 12.4 Å². The molecule has 2 N–H and O–H groups in total. The number of carbonyl (C=O) groups is 1. The van der Waals surface area contributed by atoms with E-state index in [1.807, 2.05) is 13.8 Å². The Hall–Kier alpha value is -1.58. The number of aromatic nitrogens is 1. The average Bonchev–Trinajstić information content (AvgIpc) is 2.18. The van der Waals surface area contributed by atoms with E-state index in [0.29, 0.717) is 11.3 Å². The van der Waals surface area contributed by atoms with Crippen molar-refractivity contribution >= 4 is 11.7 Å². The van der Waals surface area contributed by atoms with Crippen LogP contribution in [0.4, 0.5) is 5.69 Å². The van der Waals surface area contributed by atoms with Crippen LogP contribution in [0, 0.1) is 0 Å². The molecule has 1 unspecified atom stereocenters. The highest BCUT2D eigenvalue weighted by Gasteiger charge is 2.11. The molecule has 0 saturated heterocycles. The van der Waals surface area contributed by atoms with Crippen LogP contribution in [0.25, 0.3) is 0 Å². The molecule has 1 rings (SSSR count). The minimum atomic E-state index is -0.365. The Morgan fingerprint density at radius 1 is 1.60 bits per heavy atom. The van der Waals surface area contributed by atoms with Gasteiger partial charge in [-0.1, -0.05) is 13.3 Å². The number of carbonyl (C=O) groups excluding carboxylic acids is 1. The van der Waals surface area contributed by atoms with E-state index >= 15 is 0 Å². The zero-order valence-electron chi connectivity index (χ0n) is 9.06. The van der Waals surface area contributed by atoms with Crippen molar-refractivity contribution < 1.29 is 9.53 Å². The molecule has 0 amide bonds. The topological polar surface area (TPSA) is 65.2 Å². The van der Waals surface area contributed by atoms with Crippen LogP contribution in [-0.2, 0) is 4.74 Å². The van der Waals surface area contributed by atoms with Crippen LogP contribution in [0.1, 0.15) is 37.0 Å². The maximum Gasteiger partial charge on any atom is 0.340 e. The fraction of sp³-hybridized carbons (Fsp3) is 0.455. The largest absolute Gasteiger partial charge is 0.459 e. The van der Waals surface area contributed by atoms with Gasteiger partial charge in [0.05, 0.1) is 17.4 Å². The minimum absolute atomic E-state index is 0.0658. The van der Waals surface area contributed by atoms with Crippen molar-refractivity contribution in [3.8, 4) is 0 Å². The molecule has 1 aromatic heterocycles. The third-order valence-electron chi connectivity index (χ3n) is 2.00. The predicted octanol–water partition coefficient (Wildman–Crippen LogP) is 2.01. The Kier molecular flexibility index (Phi) is 4.09. The van der Waals surface area contributed by atoms with Crippen molar-refractivity contribution in [2.75, 3.05) is 5.73 Å². The SMILES string of the molecule is CCCC(C)OC(=O)c1cncc(N)c1. The fourth-order valence-electron chi connectivity index (χ4n) is 1.29. The van der Waals surface area contributed by atoms with E-state index in [-0.39, 0.29) is 12.1 Å². The second-order valence-corrected chi connectivity index (χ2v) is 3.51. The molecule has 1 heterocycles. The van der Waals surface area contributed by atoms with Crippen LogP contribution in [0.5, 0.6) is 0 Å². The van der Waals surface area contributed by atoms with Crippen molar-refractivity contribution in [2.45, 2.75) is 32.8 Å². The fourth-order valence-corrected chi connectivity index (χ4v) is 1.29. The lowest BCUT2D eigenvalue weighted by Crippen LogP contribution is -2.15. The molecule has 0 aliphatic rings. The second-order valence-electron chi connectivity index (χ2n) is 3.51. The summed E-state index contributed by atoms with van der Waals surface area (Å²) in [6, 6.07) is 1.56. The van der Waals surface area contributed by atoms with Crippen LogP contribution >= 0.6 is 0 Å². The number of rotatable bonds is 4. The molecule has 4 heteroatoms. The van der Waals surface area contributed by atoms with Gasteiger partial charge in [-0.25, -0.2) is 4.79 Å². The second kappa shape index (κ2) is 5.34. The van der Waals surface area contributed by atoms with Gasteiger partial charge in [-0.2, -0.15) is 0 Å². The highest BCUT2D eigenvalue weighted by molar-refractivity contribution is 5.90. The Balaban J connectivity index is 2.61. The molecule has 0 spiro atoms. The molecule has 0 aromatic carbocycles. The Bertz CT molecular complexity index is 339. The predicted molar refractivity (Wildman–Crippen MR) is 58.4 cm³/mol. The first kappa shape index (κ1) is 11.5. The van der Waals surface area contributed by atoms with Gasteiger partial charge in [-0.05, 0) is 19.4 Å². The maximum absolute atomic E-state index is 11.6. The first-order valence-electron chi connectivity index (χ1n) is 5.05. The summed E-state index contributed by atoms with van der Waals surface area (Å²) < 4.78 is 5.20. The quantitative estimate of drug-likeness (QED) is 0.769. The molecular formula is C11H16N2O2. The van der Waals surface area contributed by atoms with Crippen LogP contribution in [0.2, 0.25) is 0 Å². The molecule has 1 aromatic rings. The standard InChI is InChI=1S/C11H16N2O2/c1-3-4-8(2)15-11(14)9-5-10(12)7-13-6-9/h5-8H,3-4,12H2,1-2H3. The van der Waals surface area contributed by atoms with E-state index in [1.165, 1.54) is 12.4 Å². The number of ether oxygens (including phenoxy) is 1. The number of esters is 1. The number of nitrogen functional groups attached to an aromatic ring is 1. The molecule has 0 radical (unpaired) electrons. The Morgan fingerprint density at radius 3 is 2.93 bits per heavy atom. The van der Waals surface area contributed by atoms with Gasteiger partial charge >= 0.3 is 5.97 Å². The Morgan fingerprint density at radius 2 is 2.33 bits per heavy atom. The molecule has 82 valence electrons. The summed E-state index contributed by atoms with van der Waals surface area (Å²) in [5, 5.41) is 0. The third kappa shape index (κ3) is 3.58. The first-order chi connectivity index (χ1) is 7.13. The van der Waals surface area contributed by atoms with Gasteiger partial charge in [0.2, 0.25) is 0 Å². The highest BCUT2D eigenvalue weighted by atomic mass is 16.5. The van der Waals surface area contributed by atoms with E-state index in [4.69, 9.17) is 10.5 Å². The van der Waals surface area contributed by atoms with Crippen molar-refractivity contribution in [2.24, 2.45) is 0 Å². The summed E-state index contributed by atoms with van der Waals surface area (Å²) >= 11 is 0. The van der Waals surface area contributed by atoms with Crippen molar-refractivity contribution in [3.63, 3.8) is 0 Å². The molecule has 4 nitrogen and oxygen atoms in total. The van der Waals surface area contributed by atoms with Gasteiger partial charge in [0.15, 0.2) is 0 Å². The molecule has 0 bridgehead atoms. The summed E-state index contributed by atoms with van der Waals surface area (Å²) in [6.07, 6.45) is 4.73. The summed E-state index contributed by atoms with van der Waals surface area (Å²) in [4.78, 5) is 15.4. The zero-order chi connectivity index (χ0) is 11.3. The number of nitrogens with zero attached hydrogens (tertiary/aromatic N) is 1. The summed E-state index contributed by atoms with van der Waals surface area (Å²) in [6.45, 7) is 3.92. The number of nitrogens with two attached hydrogens (primary N) is 1. The minimum Gasteiger partial charge on any atom is -0.459 e. The van der Waals surface area contributed by atoms with Crippen molar-refractivity contribution in [3.05, 3.63) is 24.0 Å². The summed E-state index contributed by atoms with van der Waals surface area (Å²) in [5.74, 6) is -0.365. The normalized spacial score (nSPS) is 12.1. The monoisotopic (exact) mass is 208 g/mol. The number of pyridine rings is 1. The summed E-state index contributed by atoms with van der Waals surface area (Å²) in [5.41, 5.74) is 6.38. The lowest BCUT2D eigenvalue weighted by molar-refractivity contribution is 0.0323. The van der Waals surface area contributed by atoms with E-state index in [1.54, 1.807) is 6.07 Å². The lowest BCUT2D eigenvalue weighted by Gasteiger charge is -2.11. The van der Waals surface area contributed by atoms with Crippen LogP contribution in [-0.4, -0.2) is 17.1 Å².